The first-order valence-electron chi connectivity index (χ1n) is 6.75. The predicted molar refractivity (Wildman–Crippen MR) is 72.4 cm³/mol. The summed E-state index contributed by atoms with van der Waals surface area (Å²) in [4.78, 5) is 5.32. The minimum absolute atomic E-state index is 0.104. The van der Waals surface area contributed by atoms with E-state index in [1.54, 1.807) is 0 Å². The van der Waals surface area contributed by atoms with Crippen LogP contribution >= 0.6 is 0 Å². The third-order valence-electron chi connectivity index (χ3n) is 3.15. The van der Waals surface area contributed by atoms with Gasteiger partial charge in [-0.2, -0.15) is 0 Å². The molecule has 0 spiro atoms. The largest absolute Gasteiger partial charge is 0.363 e. The first-order chi connectivity index (χ1) is 8.83. The Balaban J connectivity index is 1.96. The second-order valence-electron chi connectivity index (χ2n) is 4.57. The van der Waals surface area contributed by atoms with E-state index in [1.165, 1.54) is 5.56 Å². The molecule has 0 radical (unpaired) electrons. The smallest absolute Gasteiger partial charge is 0.232 e. The van der Waals surface area contributed by atoms with Crippen molar-refractivity contribution in [2.75, 3.05) is 0 Å². The molecule has 0 bridgehead atoms. The molecular weight excluding hydrogens is 226 g/mol. The van der Waals surface area contributed by atoms with Crippen LogP contribution in [-0.2, 0) is 9.57 Å². The van der Waals surface area contributed by atoms with Crippen LogP contribution in [0.25, 0.3) is 0 Å². The van der Waals surface area contributed by atoms with Crippen molar-refractivity contribution in [2.24, 2.45) is 5.16 Å². The van der Waals surface area contributed by atoms with Gasteiger partial charge < -0.3 is 9.57 Å². The molecule has 2 rings (SSSR count). The van der Waals surface area contributed by atoms with Crippen LogP contribution in [-0.4, -0.2) is 12.0 Å². The first-order valence-corrected chi connectivity index (χ1v) is 6.75. The Bertz CT molecular complexity index is 389. The Morgan fingerprint density at radius 3 is 2.72 bits per heavy atom. The number of nitrogens with zero attached hydrogens (tertiary/aromatic N) is 1. The summed E-state index contributed by atoms with van der Waals surface area (Å²) in [5, 5.41) is 4.03. The van der Waals surface area contributed by atoms with Crippen LogP contribution in [0.5, 0.6) is 0 Å². The van der Waals surface area contributed by atoms with E-state index in [4.69, 9.17) is 9.57 Å². The van der Waals surface area contributed by atoms with E-state index < -0.39 is 0 Å². The van der Waals surface area contributed by atoms with Crippen LogP contribution in [0.4, 0.5) is 0 Å². The Kier molecular flexibility index (Phi) is 4.76. The molecule has 0 fully saturated rings. The molecule has 0 N–H and O–H groups in total. The van der Waals surface area contributed by atoms with Gasteiger partial charge in [-0.05, 0) is 18.4 Å². The van der Waals surface area contributed by atoms with Crippen molar-refractivity contribution >= 4 is 5.71 Å². The lowest BCUT2D eigenvalue weighted by atomic mass is 10.1. The average molecular weight is 247 g/mol. The normalized spacial score (nSPS) is 20.3. The van der Waals surface area contributed by atoms with E-state index in [-0.39, 0.29) is 12.4 Å². The van der Waals surface area contributed by atoms with E-state index in [0.29, 0.717) is 0 Å². The Morgan fingerprint density at radius 1 is 1.33 bits per heavy atom. The summed E-state index contributed by atoms with van der Waals surface area (Å²) in [5.74, 6) is 0. The summed E-state index contributed by atoms with van der Waals surface area (Å²) in [6, 6.07) is 10.3. The zero-order valence-electron chi connectivity index (χ0n) is 11.1. The predicted octanol–water partition coefficient (Wildman–Crippen LogP) is 4.06. The van der Waals surface area contributed by atoms with Gasteiger partial charge in [0.1, 0.15) is 0 Å². The molecule has 0 saturated carbocycles. The van der Waals surface area contributed by atoms with Crippen molar-refractivity contribution < 1.29 is 9.57 Å². The zero-order chi connectivity index (χ0) is 12.8. The second kappa shape index (κ2) is 6.55. The third kappa shape index (κ3) is 3.33. The first kappa shape index (κ1) is 13.1. The quantitative estimate of drug-likeness (QED) is 0.759. The van der Waals surface area contributed by atoms with Gasteiger partial charge in [0.25, 0.3) is 0 Å². The highest BCUT2D eigenvalue weighted by molar-refractivity contribution is 5.84. The fourth-order valence-electron chi connectivity index (χ4n) is 2.11. The van der Waals surface area contributed by atoms with Gasteiger partial charge in [0.05, 0.1) is 18.2 Å². The maximum absolute atomic E-state index is 6.03. The van der Waals surface area contributed by atoms with E-state index in [2.05, 4.69) is 31.1 Å². The molecule has 0 saturated heterocycles. The summed E-state index contributed by atoms with van der Waals surface area (Å²) < 4.78 is 6.03. The topological polar surface area (TPSA) is 30.8 Å². The van der Waals surface area contributed by atoms with E-state index in [9.17, 15) is 0 Å². The fraction of sp³-hybridized carbons (Fsp3) is 0.533. The van der Waals surface area contributed by atoms with E-state index in [1.807, 2.05) is 18.2 Å². The van der Waals surface area contributed by atoms with Crippen LogP contribution in [0.2, 0.25) is 0 Å². The standard InChI is InChI=1S/C15H21NO2/c1-3-8-14(12-9-6-5-7-10-12)17-15-11-13(4-2)16-18-15/h5-7,9-10,14-15H,3-4,8,11H2,1-2H3/t14-,15?/m0/s1. The highest BCUT2D eigenvalue weighted by atomic mass is 16.8. The van der Waals surface area contributed by atoms with Crippen molar-refractivity contribution in [1.29, 1.82) is 0 Å². The fourth-order valence-corrected chi connectivity index (χ4v) is 2.11. The summed E-state index contributed by atoms with van der Waals surface area (Å²) >= 11 is 0. The summed E-state index contributed by atoms with van der Waals surface area (Å²) in [6.07, 6.45) is 3.72. The maximum Gasteiger partial charge on any atom is 0.232 e. The molecule has 98 valence electrons. The van der Waals surface area contributed by atoms with Crippen LogP contribution in [0.1, 0.15) is 51.2 Å². The molecule has 1 aromatic rings. The van der Waals surface area contributed by atoms with Crippen LogP contribution in [0.3, 0.4) is 0 Å². The minimum Gasteiger partial charge on any atom is -0.363 e. The lowest BCUT2D eigenvalue weighted by Gasteiger charge is -2.20. The number of benzene rings is 1. The van der Waals surface area contributed by atoms with Crippen molar-refractivity contribution in [3.8, 4) is 0 Å². The van der Waals surface area contributed by atoms with Crippen molar-refractivity contribution in [3.63, 3.8) is 0 Å². The molecule has 3 heteroatoms. The highest BCUT2D eigenvalue weighted by Gasteiger charge is 2.24. The molecule has 1 aliphatic heterocycles. The van der Waals surface area contributed by atoms with Gasteiger partial charge in [-0.3, -0.25) is 0 Å². The summed E-state index contributed by atoms with van der Waals surface area (Å²) in [6.45, 7) is 4.26. The van der Waals surface area contributed by atoms with Gasteiger partial charge in [-0.15, -0.1) is 0 Å². The Hall–Kier alpha value is -1.35. The Morgan fingerprint density at radius 2 is 2.11 bits per heavy atom. The molecule has 0 aliphatic carbocycles. The van der Waals surface area contributed by atoms with Gasteiger partial charge in [-0.1, -0.05) is 55.8 Å². The molecule has 2 atom stereocenters. The highest BCUT2D eigenvalue weighted by Crippen LogP contribution is 2.27. The molecule has 1 aliphatic rings. The van der Waals surface area contributed by atoms with Gasteiger partial charge >= 0.3 is 0 Å². The SMILES string of the molecule is CCC[C@H](OC1CC(CC)=NO1)c1ccccc1. The minimum atomic E-state index is -0.211. The lowest BCUT2D eigenvalue weighted by Crippen LogP contribution is -2.17. The van der Waals surface area contributed by atoms with Crippen LogP contribution in [0.15, 0.2) is 35.5 Å². The second-order valence-corrected chi connectivity index (χ2v) is 4.57. The number of hydrogen-bond acceptors (Lipinski definition) is 3. The van der Waals surface area contributed by atoms with Crippen molar-refractivity contribution in [3.05, 3.63) is 35.9 Å². The summed E-state index contributed by atoms with van der Waals surface area (Å²) in [5.41, 5.74) is 2.30. The van der Waals surface area contributed by atoms with E-state index in [0.717, 1.165) is 31.4 Å². The van der Waals surface area contributed by atoms with E-state index >= 15 is 0 Å². The molecule has 1 aromatic carbocycles. The van der Waals surface area contributed by atoms with Crippen LogP contribution in [0, 0.1) is 0 Å². The molecular formula is C15H21NO2. The number of hydrogen-bond donors (Lipinski definition) is 0. The molecule has 0 aromatic heterocycles. The number of ether oxygens (including phenoxy) is 1. The molecule has 3 nitrogen and oxygen atoms in total. The number of rotatable bonds is 6. The van der Waals surface area contributed by atoms with Gasteiger partial charge in [0, 0.05) is 0 Å². The van der Waals surface area contributed by atoms with Crippen LogP contribution < -0.4 is 0 Å². The molecule has 18 heavy (non-hydrogen) atoms. The van der Waals surface area contributed by atoms with Gasteiger partial charge in [0.2, 0.25) is 6.29 Å². The van der Waals surface area contributed by atoms with Crippen molar-refractivity contribution in [1.82, 2.24) is 0 Å². The third-order valence-corrected chi connectivity index (χ3v) is 3.15. The number of oxime groups is 1. The van der Waals surface area contributed by atoms with Gasteiger partial charge in [-0.25, -0.2) is 0 Å². The molecule has 0 amide bonds. The zero-order valence-corrected chi connectivity index (χ0v) is 11.1. The van der Waals surface area contributed by atoms with Crippen molar-refractivity contribution in [2.45, 2.75) is 51.9 Å². The monoisotopic (exact) mass is 247 g/mol. The average Bonchev–Trinajstić information content (AvgIpc) is 2.87. The molecule has 1 unspecified atom stereocenters. The van der Waals surface area contributed by atoms with Gasteiger partial charge in [0.15, 0.2) is 0 Å². The summed E-state index contributed by atoms with van der Waals surface area (Å²) in [7, 11) is 0. The molecule has 1 heterocycles. The Labute approximate surface area is 109 Å². The lowest BCUT2D eigenvalue weighted by molar-refractivity contribution is -0.159. The maximum atomic E-state index is 6.03.